The number of hydrogen-bond acceptors (Lipinski definition) is 3. The van der Waals surface area contributed by atoms with Crippen LogP contribution in [0.25, 0.3) is 0 Å². The molecule has 1 amide bonds. The fourth-order valence-electron chi connectivity index (χ4n) is 2.54. The maximum absolute atomic E-state index is 12.0. The minimum atomic E-state index is -0.760. The molecule has 1 saturated carbocycles. The van der Waals surface area contributed by atoms with Gasteiger partial charge in [0.15, 0.2) is 0 Å². The molecule has 0 aliphatic heterocycles. The molecule has 0 heterocycles. The van der Waals surface area contributed by atoms with E-state index in [1.54, 1.807) is 0 Å². The van der Waals surface area contributed by atoms with Gasteiger partial charge in [-0.25, -0.2) is 0 Å². The van der Waals surface area contributed by atoms with Crippen molar-refractivity contribution in [2.45, 2.75) is 45.6 Å². The van der Waals surface area contributed by atoms with Crippen LogP contribution in [0.15, 0.2) is 0 Å². The molecular weight excluding hydrogens is 232 g/mol. The lowest BCUT2D eigenvalue weighted by atomic mass is 9.96. The van der Waals surface area contributed by atoms with Crippen LogP contribution < -0.4 is 11.1 Å². The summed E-state index contributed by atoms with van der Waals surface area (Å²) in [6, 6.07) is -0.000174. The smallest absolute Gasteiger partial charge is 0.306 e. The highest BCUT2D eigenvalue weighted by atomic mass is 16.4. The zero-order valence-corrected chi connectivity index (χ0v) is 11.2. The molecule has 0 aromatic carbocycles. The van der Waals surface area contributed by atoms with Gasteiger partial charge in [0.1, 0.15) is 0 Å². The molecule has 1 aliphatic carbocycles. The van der Waals surface area contributed by atoms with Crippen molar-refractivity contribution in [2.24, 2.45) is 23.5 Å². The van der Waals surface area contributed by atoms with Gasteiger partial charge < -0.3 is 16.2 Å². The van der Waals surface area contributed by atoms with E-state index in [4.69, 9.17) is 10.8 Å². The predicted molar refractivity (Wildman–Crippen MR) is 68.9 cm³/mol. The molecule has 3 atom stereocenters. The number of nitrogens with two attached hydrogens (primary N) is 1. The third-order valence-electron chi connectivity index (χ3n) is 3.54. The average molecular weight is 256 g/mol. The average Bonchev–Trinajstić information content (AvgIpc) is 2.74. The summed E-state index contributed by atoms with van der Waals surface area (Å²) in [6.07, 6.45) is 2.72. The normalized spacial score (nSPS) is 25.1. The van der Waals surface area contributed by atoms with Crippen LogP contribution in [-0.2, 0) is 9.59 Å². The first-order valence-corrected chi connectivity index (χ1v) is 6.67. The summed E-state index contributed by atoms with van der Waals surface area (Å²) in [5, 5.41) is 11.8. The van der Waals surface area contributed by atoms with Gasteiger partial charge in [-0.15, -0.1) is 0 Å². The zero-order chi connectivity index (χ0) is 13.7. The number of aliphatic carboxylic acids is 1. The van der Waals surface area contributed by atoms with E-state index in [0.717, 1.165) is 12.8 Å². The molecule has 0 spiro atoms. The summed E-state index contributed by atoms with van der Waals surface area (Å²) in [4.78, 5) is 22.8. The Morgan fingerprint density at radius 1 is 1.39 bits per heavy atom. The van der Waals surface area contributed by atoms with Crippen LogP contribution in [-0.4, -0.2) is 29.6 Å². The van der Waals surface area contributed by atoms with Gasteiger partial charge in [0.25, 0.3) is 0 Å². The molecule has 1 rings (SSSR count). The van der Waals surface area contributed by atoms with Gasteiger partial charge in [-0.3, -0.25) is 9.59 Å². The highest BCUT2D eigenvalue weighted by Gasteiger charge is 2.31. The summed E-state index contributed by atoms with van der Waals surface area (Å²) in [5.74, 6) is -0.822. The fraction of sp³-hybridized carbons (Fsp3) is 0.846. The van der Waals surface area contributed by atoms with E-state index in [-0.39, 0.29) is 23.8 Å². The summed E-state index contributed by atoms with van der Waals surface area (Å²) in [6.45, 7) is 4.47. The molecular formula is C13H24N2O3. The molecule has 3 unspecified atom stereocenters. The van der Waals surface area contributed by atoms with E-state index in [1.165, 1.54) is 0 Å². The van der Waals surface area contributed by atoms with Crippen LogP contribution in [0.4, 0.5) is 0 Å². The topological polar surface area (TPSA) is 92.4 Å². The number of carbonyl (C=O) groups excluding carboxylic acids is 1. The summed E-state index contributed by atoms with van der Waals surface area (Å²) >= 11 is 0. The molecule has 1 fully saturated rings. The second-order valence-electron chi connectivity index (χ2n) is 5.62. The lowest BCUT2D eigenvalue weighted by molar-refractivity contribution is -0.141. The van der Waals surface area contributed by atoms with Gasteiger partial charge in [-0.05, 0) is 31.6 Å². The highest BCUT2D eigenvalue weighted by molar-refractivity contribution is 5.79. The minimum Gasteiger partial charge on any atom is -0.481 e. The predicted octanol–water partition coefficient (Wildman–Crippen LogP) is 0.977. The van der Waals surface area contributed by atoms with Gasteiger partial charge in [0.2, 0.25) is 5.91 Å². The van der Waals surface area contributed by atoms with Crippen LogP contribution in [0.2, 0.25) is 0 Å². The third-order valence-corrected chi connectivity index (χ3v) is 3.54. The van der Waals surface area contributed by atoms with Crippen LogP contribution in [0, 0.1) is 17.8 Å². The number of rotatable bonds is 6. The minimum absolute atomic E-state index is 0.000174. The number of amides is 1. The molecule has 0 bridgehead atoms. The van der Waals surface area contributed by atoms with Crippen molar-refractivity contribution in [3.8, 4) is 0 Å². The largest absolute Gasteiger partial charge is 0.481 e. The van der Waals surface area contributed by atoms with E-state index in [0.29, 0.717) is 25.3 Å². The monoisotopic (exact) mass is 256 g/mol. The van der Waals surface area contributed by atoms with Gasteiger partial charge in [0, 0.05) is 12.6 Å². The van der Waals surface area contributed by atoms with E-state index in [9.17, 15) is 9.59 Å². The van der Waals surface area contributed by atoms with Gasteiger partial charge in [0.05, 0.1) is 11.8 Å². The quantitative estimate of drug-likeness (QED) is 0.660. The van der Waals surface area contributed by atoms with E-state index < -0.39 is 5.97 Å². The number of carboxylic acid groups (broad SMARTS) is 1. The number of nitrogens with one attached hydrogen (secondary N) is 1. The lowest BCUT2D eigenvalue weighted by Gasteiger charge is -2.20. The van der Waals surface area contributed by atoms with Gasteiger partial charge in [-0.1, -0.05) is 13.8 Å². The van der Waals surface area contributed by atoms with Crippen molar-refractivity contribution in [3.63, 3.8) is 0 Å². The molecule has 0 radical (unpaired) electrons. The van der Waals surface area contributed by atoms with Crippen molar-refractivity contribution >= 4 is 11.9 Å². The molecule has 1 aliphatic rings. The molecule has 0 saturated heterocycles. The first-order valence-electron chi connectivity index (χ1n) is 6.67. The second-order valence-corrected chi connectivity index (χ2v) is 5.62. The van der Waals surface area contributed by atoms with Crippen molar-refractivity contribution in [1.82, 2.24) is 5.32 Å². The van der Waals surface area contributed by atoms with Crippen molar-refractivity contribution in [2.75, 3.05) is 6.54 Å². The molecule has 104 valence electrons. The van der Waals surface area contributed by atoms with Gasteiger partial charge >= 0.3 is 5.97 Å². The highest BCUT2D eigenvalue weighted by Crippen LogP contribution is 2.26. The Morgan fingerprint density at radius 3 is 2.50 bits per heavy atom. The van der Waals surface area contributed by atoms with Crippen LogP contribution in [0.3, 0.4) is 0 Å². The van der Waals surface area contributed by atoms with E-state index in [1.807, 2.05) is 0 Å². The van der Waals surface area contributed by atoms with Gasteiger partial charge in [-0.2, -0.15) is 0 Å². The second kappa shape index (κ2) is 6.73. The standard InChI is InChI=1S/C13H24N2O3/c1-8(2)5-10(7-14)12(16)15-11-4-3-9(6-11)13(17)18/h8-11H,3-7,14H2,1-2H3,(H,15,16)(H,17,18). The Hall–Kier alpha value is -1.10. The Labute approximate surface area is 108 Å². The number of carbonyl (C=O) groups is 2. The van der Waals surface area contributed by atoms with Crippen molar-refractivity contribution in [1.29, 1.82) is 0 Å². The Kier molecular flexibility index (Phi) is 5.59. The summed E-state index contributed by atoms with van der Waals surface area (Å²) in [5.41, 5.74) is 5.62. The maximum Gasteiger partial charge on any atom is 0.306 e. The molecule has 0 aromatic rings. The summed E-state index contributed by atoms with van der Waals surface area (Å²) < 4.78 is 0. The Bertz CT molecular complexity index is 305. The third kappa shape index (κ3) is 4.29. The lowest BCUT2D eigenvalue weighted by Crippen LogP contribution is -2.41. The maximum atomic E-state index is 12.0. The Balaban J connectivity index is 2.42. The molecule has 4 N–H and O–H groups in total. The fourth-order valence-corrected chi connectivity index (χ4v) is 2.54. The Morgan fingerprint density at radius 2 is 2.06 bits per heavy atom. The van der Waals surface area contributed by atoms with Crippen LogP contribution >= 0.6 is 0 Å². The van der Waals surface area contributed by atoms with Crippen molar-refractivity contribution in [3.05, 3.63) is 0 Å². The van der Waals surface area contributed by atoms with Crippen molar-refractivity contribution < 1.29 is 14.7 Å². The van der Waals surface area contributed by atoms with Crippen LogP contribution in [0.5, 0.6) is 0 Å². The first kappa shape index (κ1) is 15.0. The number of hydrogen-bond donors (Lipinski definition) is 3. The summed E-state index contributed by atoms with van der Waals surface area (Å²) in [7, 11) is 0. The molecule has 5 nitrogen and oxygen atoms in total. The number of carboxylic acids is 1. The SMILES string of the molecule is CC(C)CC(CN)C(=O)NC1CCC(C(=O)O)C1. The first-order chi connectivity index (χ1) is 8.43. The zero-order valence-electron chi connectivity index (χ0n) is 11.2. The van der Waals surface area contributed by atoms with Crippen LogP contribution in [0.1, 0.15) is 39.5 Å². The van der Waals surface area contributed by atoms with E-state index >= 15 is 0 Å². The molecule has 18 heavy (non-hydrogen) atoms. The molecule has 5 heteroatoms. The molecule has 0 aromatic heterocycles. The van der Waals surface area contributed by atoms with E-state index in [2.05, 4.69) is 19.2 Å².